The molecule has 0 aliphatic carbocycles. The molecule has 3 atom stereocenters. The minimum absolute atomic E-state index is 0.0508. The first kappa shape index (κ1) is 11.9. The van der Waals surface area contributed by atoms with E-state index in [-0.39, 0.29) is 4.57 Å². The highest BCUT2D eigenvalue weighted by Crippen LogP contribution is 2.70. The van der Waals surface area contributed by atoms with Gasteiger partial charge in [0.25, 0.3) is 0 Å². The molecule has 1 aliphatic heterocycles. The van der Waals surface area contributed by atoms with Gasteiger partial charge in [-0.05, 0) is 35.0 Å². The van der Waals surface area contributed by atoms with Crippen molar-refractivity contribution in [3.63, 3.8) is 0 Å². The minimum Gasteiger partial charge on any atom is -0.550 e. The molecule has 1 fully saturated rings. The molecule has 0 amide bonds. The Labute approximate surface area is 105 Å². The van der Waals surface area contributed by atoms with E-state index in [9.17, 15) is 5.11 Å². The van der Waals surface area contributed by atoms with Crippen molar-refractivity contribution in [1.82, 2.24) is 0 Å². The topological polar surface area (TPSA) is 20.2 Å². The van der Waals surface area contributed by atoms with Gasteiger partial charge < -0.3 is 17.4 Å². The van der Waals surface area contributed by atoms with Gasteiger partial charge in [0.05, 0.1) is 5.30 Å². The Balaban J connectivity index is 2.38. The third kappa shape index (κ3) is 2.00. The Morgan fingerprint density at radius 1 is 1.47 bits per heavy atom. The van der Waals surface area contributed by atoms with Crippen molar-refractivity contribution in [2.45, 2.75) is 23.5 Å². The molecule has 1 aromatic rings. The molecule has 4 heteroatoms. The summed E-state index contributed by atoms with van der Waals surface area (Å²) >= 11 is 9.42. The van der Waals surface area contributed by atoms with Crippen molar-refractivity contribution in [2.75, 3.05) is 6.16 Å². The molecule has 1 aromatic carbocycles. The van der Waals surface area contributed by atoms with Gasteiger partial charge in [-0.25, -0.2) is 0 Å². The molecule has 1 saturated heterocycles. The largest absolute Gasteiger partial charge is 0.550 e. The quantitative estimate of drug-likeness (QED) is 0.489. The van der Waals surface area contributed by atoms with Crippen molar-refractivity contribution in [1.29, 1.82) is 0 Å². The Kier molecular flexibility index (Phi) is 3.20. The lowest BCUT2D eigenvalue weighted by molar-refractivity contribution is 0.0823. The first-order chi connectivity index (χ1) is 6.97. The Morgan fingerprint density at radius 3 is 2.53 bits per heavy atom. The molecule has 2 rings (SSSR count). The summed E-state index contributed by atoms with van der Waals surface area (Å²) in [4.78, 5) is 0. The fourth-order valence-electron chi connectivity index (χ4n) is 2.01. The summed E-state index contributed by atoms with van der Waals surface area (Å²) in [6.45, 7) is 0.243. The van der Waals surface area contributed by atoms with Gasteiger partial charge in [-0.2, -0.15) is 0 Å². The maximum Gasteiger partial charge on any atom is 0.137 e. The van der Waals surface area contributed by atoms with Gasteiger partial charge in [0.15, 0.2) is 0 Å². The second-order valence-corrected chi connectivity index (χ2v) is 10.9. The molecular formula is C11H14BrOPS. The highest BCUT2D eigenvalue weighted by atomic mass is 79.9. The number of hydrogen-bond acceptors (Lipinski definition) is 2. The molecule has 1 unspecified atom stereocenters. The number of alkyl halides is 1. The van der Waals surface area contributed by atoms with Gasteiger partial charge in [-0.1, -0.05) is 24.7 Å². The highest BCUT2D eigenvalue weighted by molar-refractivity contribution is 9.11. The molecule has 1 N–H and O–H groups in total. The summed E-state index contributed by atoms with van der Waals surface area (Å²) in [5.74, 6) is 0. The highest BCUT2D eigenvalue weighted by Gasteiger charge is 2.52. The second-order valence-electron chi connectivity index (χ2n) is 4.30. The van der Waals surface area contributed by atoms with Gasteiger partial charge >= 0.3 is 0 Å². The first-order valence-corrected chi connectivity index (χ1v) is 8.95. The van der Waals surface area contributed by atoms with Crippen molar-refractivity contribution in [2.24, 2.45) is 0 Å². The Morgan fingerprint density at radius 2 is 2.07 bits per heavy atom. The van der Waals surface area contributed by atoms with Crippen LogP contribution < -0.4 is 5.30 Å². The molecule has 1 heterocycles. The summed E-state index contributed by atoms with van der Waals surface area (Å²) in [5, 5.41) is 11.4. The number of hydrogen-bond donors (Lipinski definition) is 1. The zero-order chi connectivity index (χ0) is 11.1. The van der Waals surface area contributed by atoms with E-state index in [1.807, 2.05) is 25.1 Å². The van der Waals surface area contributed by atoms with Crippen LogP contribution in [0.4, 0.5) is 0 Å². The summed E-state index contributed by atoms with van der Waals surface area (Å²) in [7, 11) is 0. The smallest absolute Gasteiger partial charge is 0.137 e. The third-order valence-corrected chi connectivity index (χ3v) is 12.1. The van der Waals surface area contributed by atoms with Gasteiger partial charge in [0, 0.05) is 12.6 Å². The van der Waals surface area contributed by atoms with E-state index in [4.69, 9.17) is 12.2 Å². The van der Waals surface area contributed by atoms with Crippen LogP contribution in [0, 0.1) is 0 Å². The zero-order valence-corrected chi connectivity index (χ0v) is 11.9. The summed E-state index contributed by atoms with van der Waals surface area (Å²) in [6, 6.07) is 10.2. The van der Waals surface area contributed by atoms with Crippen molar-refractivity contribution in [3.05, 3.63) is 30.3 Å². The van der Waals surface area contributed by atoms with Crippen molar-refractivity contribution < 1.29 is 5.11 Å². The molecule has 0 saturated carbocycles. The van der Waals surface area contributed by atoms with Gasteiger partial charge in [-0.3, -0.25) is 0 Å². The summed E-state index contributed by atoms with van der Waals surface area (Å²) in [6.07, 6.45) is 1.75. The number of halogens is 1. The predicted molar refractivity (Wildman–Crippen MR) is 73.2 cm³/mol. The minimum atomic E-state index is -1.63. The van der Waals surface area contributed by atoms with Crippen LogP contribution in [0.15, 0.2) is 30.3 Å². The standard InChI is InChI=1S/C11H14BrOPS/c1-11(13)7-8-14(15,10(11)12)9-5-3-2-4-6-9/h2-6,10,13H,7-8H2,1H3/t10-,11-,14?/m1/s1. The zero-order valence-electron chi connectivity index (χ0n) is 8.56. The van der Waals surface area contributed by atoms with Crippen LogP contribution in [0.5, 0.6) is 0 Å². The maximum atomic E-state index is 10.2. The van der Waals surface area contributed by atoms with Crippen LogP contribution in [0.25, 0.3) is 0 Å². The van der Waals surface area contributed by atoms with Crippen LogP contribution in [0.1, 0.15) is 13.3 Å². The van der Waals surface area contributed by atoms with Crippen LogP contribution in [0.3, 0.4) is 0 Å². The second kappa shape index (κ2) is 4.03. The number of aliphatic hydroxyl groups is 1. The Bertz CT molecular complexity index is 357. The monoisotopic (exact) mass is 304 g/mol. The molecular weight excluding hydrogens is 291 g/mol. The van der Waals surface area contributed by atoms with Gasteiger partial charge in [0.2, 0.25) is 0 Å². The van der Waals surface area contributed by atoms with Gasteiger partial charge in [-0.15, -0.1) is 0 Å². The van der Waals surface area contributed by atoms with E-state index in [1.54, 1.807) is 0 Å². The summed E-state index contributed by atoms with van der Waals surface area (Å²) in [5.41, 5.74) is -0.647. The molecule has 82 valence electrons. The number of rotatable bonds is 1. The van der Waals surface area contributed by atoms with Gasteiger partial charge in [0.1, 0.15) is 10.2 Å². The molecule has 1 nitrogen and oxygen atoms in total. The van der Waals surface area contributed by atoms with Crippen LogP contribution >= 0.6 is 22.4 Å². The molecule has 1 aliphatic rings. The molecule has 0 spiro atoms. The average Bonchev–Trinajstić information content (AvgIpc) is 2.45. The van der Waals surface area contributed by atoms with E-state index in [0.717, 1.165) is 12.6 Å². The predicted octanol–water partition coefficient (Wildman–Crippen LogP) is 2.67. The molecule has 15 heavy (non-hydrogen) atoms. The average molecular weight is 305 g/mol. The van der Waals surface area contributed by atoms with E-state index in [1.165, 1.54) is 5.30 Å². The number of benzene rings is 1. The van der Waals surface area contributed by atoms with E-state index in [2.05, 4.69) is 28.1 Å². The van der Waals surface area contributed by atoms with E-state index >= 15 is 0 Å². The Hall–Kier alpha value is 0.440. The lowest BCUT2D eigenvalue weighted by Crippen LogP contribution is -2.31. The lowest BCUT2D eigenvalue weighted by atomic mass is 10.1. The fraction of sp³-hybridized carbons (Fsp3) is 0.455. The van der Waals surface area contributed by atoms with Crippen molar-refractivity contribution in [3.8, 4) is 0 Å². The summed E-state index contributed by atoms with van der Waals surface area (Å²) < 4.78 is 0.0508. The molecule has 0 aromatic heterocycles. The van der Waals surface area contributed by atoms with Crippen LogP contribution in [-0.4, -0.2) is 21.4 Å². The van der Waals surface area contributed by atoms with Crippen LogP contribution in [0.2, 0.25) is 0 Å². The van der Waals surface area contributed by atoms with E-state index in [0.29, 0.717) is 0 Å². The fourth-order valence-corrected chi connectivity index (χ4v) is 8.12. The lowest BCUT2D eigenvalue weighted by Gasteiger charge is -2.34. The maximum absolute atomic E-state index is 10.2. The normalized spacial score (nSPS) is 40.7. The van der Waals surface area contributed by atoms with Crippen LogP contribution in [-0.2, 0) is 12.2 Å². The SMILES string of the molecule is C[C@@]1(O)CC[P+]([S-])(c2ccccc2)[C@H]1Br. The third-order valence-electron chi connectivity index (χ3n) is 3.02. The first-order valence-electron chi connectivity index (χ1n) is 4.98. The van der Waals surface area contributed by atoms with E-state index < -0.39 is 12.1 Å². The molecule has 0 bridgehead atoms. The van der Waals surface area contributed by atoms with Crippen molar-refractivity contribution >= 4 is 39.9 Å². The molecule has 0 radical (unpaired) electrons.